The third-order valence-electron chi connectivity index (χ3n) is 1.97. The van der Waals surface area contributed by atoms with E-state index in [-0.39, 0.29) is 24.1 Å². The molecule has 0 radical (unpaired) electrons. The van der Waals surface area contributed by atoms with Crippen LogP contribution in [0.1, 0.15) is 6.42 Å². The summed E-state index contributed by atoms with van der Waals surface area (Å²) in [6, 6.07) is 5.77. The van der Waals surface area contributed by atoms with E-state index >= 15 is 0 Å². The molecule has 18 heavy (non-hydrogen) atoms. The third-order valence-corrected chi connectivity index (χ3v) is 1.97. The Morgan fingerprint density at radius 1 is 1.33 bits per heavy atom. The van der Waals surface area contributed by atoms with E-state index in [0.717, 1.165) is 0 Å². The Kier molecular flexibility index (Phi) is 7.98. The van der Waals surface area contributed by atoms with Gasteiger partial charge in [0.05, 0.1) is 0 Å². The number of hydrogen-bond acceptors (Lipinski definition) is 3. The average molecular weight is 281 g/mol. The summed E-state index contributed by atoms with van der Waals surface area (Å²) in [6.45, 7) is -2.26. The van der Waals surface area contributed by atoms with Crippen molar-refractivity contribution in [2.45, 2.75) is 13.0 Å². The summed E-state index contributed by atoms with van der Waals surface area (Å²) in [5, 5.41) is 5.49. The van der Waals surface area contributed by atoms with Crippen LogP contribution in [0.3, 0.4) is 0 Å². The predicted molar refractivity (Wildman–Crippen MR) is 67.5 cm³/mol. The summed E-state index contributed by atoms with van der Waals surface area (Å²) in [7, 11) is 1.75. The molecular weight excluding hydrogens is 266 g/mol. The third kappa shape index (κ3) is 6.36. The lowest BCUT2D eigenvalue weighted by Crippen LogP contribution is -2.18. The van der Waals surface area contributed by atoms with E-state index in [9.17, 15) is 13.6 Å². The number of hydrogen-bond donors (Lipinski definition) is 2. The molecule has 0 unspecified atom stereocenters. The van der Waals surface area contributed by atoms with Crippen molar-refractivity contribution in [3.63, 3.8) is 0 Å². The maximum atomic E-state index is 11.9. The van der Waals surface area contributed by atoms with Crippen LogP contribution in [-0.2, 0) is 4.79 Å². The highest BCUT2D eigenvalue weighted by molar-refractivity contribution is 5.90. The first-order valence-electron chi connectivity index (χ1n) is 5.11. The van der Waals surface area contributed by atoms with E-state index in [4.69, 9.17) is 0 Å². The van der Waals surface area contributed by atoms with E-state index < -0.39 is 6.61 Å². The Balaban J connectivity index is 0.00000289. The van der Waals surface area contributed by atoms with Gasteiger partial charge in [-0.15, -0.1) is 12.4 Å². The molecule has 0 atom stereocenters. The predicted octanol–water partition coefficient (Wildman–Crippen LogP) is 2.26. The van der Waals surface area contributed by atoms with Gasteiger partial charge in [0.1, 0.15) is 5.75 Å². The fourth-order valence-electron chi connectivity index (χ4n) is 1.18. The number of ether oxygens (including phenoxy) is 1. The molecule has 0 saturated heterocycles. The monoisotopic (exact) mass is 280 g/mol. The molecule has 1 rings (SSSR count). The standard InChI is InChI=1S/C11H14F2N2O2.ClH/c1-14-7-6-10(16)15-8-2-4-9(5-3-8)17-11(12)13;/h2-5,11,14H,6-7H2,1H3,(H,15,16);1H. The summed E-state index contributed by atoms with van der Waals surface area (Å²) < 4.78 is 27.9. The van der Waals surface area contributed by atoms with E-state index in [0.29, 0.717) is 18.7 Å². The zero-order chi connectivity index (χ0) is 12.7. The fraction of sp³-hybridized carbons (Fsp3) is 0.364. The fourth-order valence-corrected chi connectivity index (χ4v) is 1.18. The van der Waals surface area contributed by atoms with Crippen LogP contribution in [0.25, 0.3) is 0 Å². The summed E-state index contributed by atoms with van der Waals surface area (Å²) in [5.41, 5.74) is 0.549. The van der Waals surface area contributed by atoms with Crippen LogP contribution in [0.5, 0.6) is 5.75 Å². The molecule has 0 aromatic heterocycles. The maximum Gasteiger partial charge on any atom is 0.387 e. The number of carbonyl (C=O) groups is 1. The lowest BCUT2D eigenvalue weighted by Gasteiger charge is -2.07. The Morgan fingerprint density at radius 3 is 2.44 bits per heavy atom. The molecule has 102 valence electrons. The van der Waals surface area contributed by atoms with Crippen LogP contribution in [-0.4, -0.2) is 26.1 Å². The zero-order valence-electron chi connectivity index (χ0n) is 9.78. The van der Waals surface area contributed by atoms with Gasteiger partial charge in [0, 0.05) is 18.7 Å². The van der Waals surface area contributed by atoms with Gasteiger partial charge in [-0.25, -0.2) is 0 Å². The summed E-state index contributed by atoms with van der Waals surface area (Å²) in [5.74, 6) is -0.0740. The molecule has 7 heteroatoms. The minimum atomic E-state index is -2.84. The Bertz CT molecular complexity index is 361. The van der Waals surface area contributed by atoms with Crippen molar-refractivity contribution in [3.05, 3.63) is 24.3 Å². The minimum Gasteiger partial charge on any atom is -0.435 e. The Hall–Kier alpha value is -1.40. The van der Waals surface area contributed by atoms with Crippen LogP contribution >= 0.6 is 12.4 Å². The highest BCUT2D eigenvalue weighted by atomic mass is 35.5. The molecule has 0 aliphatic carbocycles. The van der Waals surface area contributed by atoms with Crippen LogP contribution in [0, 0.1) is 0 Å². The molecule has 1 aromatic rings. The van der Waals surface area contributed by atoms with Gasteiger partial charge in [-0.2, -0.15) is 8.78 Å². The molecule has 0 spiro atoms. The van der Waals surface area contributed by atoms with Crippen LogP contribution in [0.15, 0.2) is 24.3 Å². The van der Waals surface area contributed by atoms with Gasteiger partial charge in [0.2, 0.25) is 5.91 Å². The second-order valence-electron chi connectivity index (χ2n) is 3.30. The summed E-state index contributed by atoms with van der Waals surface area (Å²) >= 11 is 0. The van der Waals surface area contributed by atoms with Crippen molar-refractivity contribution in [3.8, 4) is 5.75 Å². The SMILES string of the molecule is CNCCC(=O)Nc1ccc(OC(F)F)cc1.Cl. The molecule has 2 N–H and O–H groups in total. The van der Waals surface area contributed by atoms with Gasteiger partial charge in [-0.3, -0.25) is 4.79 Å². The molecule has 0 fully saturated rings. The second kappa shape index (κ2) is 8.66. The van der Waals surface area contributed by atoms with Crippen LogP contribution in [0.2, 0.25) is 0 Å². The number of anilines is 1. The molecule has 0 bridgehead atoms. The number of rotatable bonds is 6. The highest BCUT2D eigenvalue weighted by Gasteiger charge is 2.05. The molecule has 0 saturated carbocycles. The van der Waals surface area contributed by atoms with Gasteiger partial charge in [-0.1, -0.05) is 0 Å². The molecule has 0 aliphatic rings. The lowest BCUT2D eigenvalue weighted by molar-refractivity contribution is -0.116. The lowest BCUT2D eigenvalue weighted by atomic mass is 10.3. The van der Waals surface area contributed by atoms with Gasteiger partial charge in [0.25, 0.3) is 0 Å². The first-order chi connectivity index (χ1) is 8.11. The smallest absolute Gasteiger partial charge is 0.387 e. The summed E-state index contributed by atoms with van der Waals surface area (Å²) in [4.78, 5) is 11.3. The molecule has 4 nitrogen and oxygen atoms in total. The minimum absolute atomic E-state index is 0. The first kappa shape index (κ1) is 16.6. The van der Waals surface area contributed by atoms with E-state index in [1.807, 2.05) is 0 Å². The van der Waals surface area contributed by atoms with Gasteiger partial charge in [-0.05, 0) is 31.3 Å². The van der Waals surface area contributed by atoms with E-state index in [1.165, 1.54) is 24.3 Å². The first-order valence-corrected chi connectivity index (χ1v) is 5.11. The van der Waals surface area contributed by atoms with Crippen molar-refractivity contribution >= 4 is 24.0 Å². The van der Waals surface area contributed by atoms with Gasteiger partial charge >= 0.3 is 6.61 Å². The van der Waals surface area contributed by atoms with Crippen molar-refractivity contribution < 1.29 is 18.3 Å². The molecule has 0 aliphatic heterocycles. The van der Waals surface area contributed by atoms with Crippen LogP contribution in [0.4, 0.5) is 14.5 Å². The van der Waals surface area contributed by atoms with E-state index in [2.05, 4.69) is 15.4 Å². The maximum absolute atomic E-state index is 11.9. The molecule has 1 amide bonds. The van der Waals surface area contributed by atoms with Crippen molar-refractivity contribution in [1.82, 2.24) is 5.32 Å². The number of benzene rings is 1. The Labute approximate surface area is 110 Å². The number of amides is 1. The quantitative estimate of drug-likeness (QED) is 0.840. The van der Waals surface area contributed by atoms with Gasteiger partial charge in [0.15, 0.2) is 0 Å². The van der Waals surface area contributed by atoms with Crippen molar-refractivity contribution in [2.24, 2.45) is 0 Å². The van der Waals surface area contributed by atoms with Crippen molar-refractivity contribution in [2.75, 3.05) is 18.9 Å². The number of alkyl halides is 2. The molecule has 0 heterocycles. The summed E-state index contributed by atoms with van der Waals surface area (Å²) in [6.07, 6.45) is 0.353. The van der Waals surface area contributed by atoms with Crippen molar-refractivity contribution in [1.29, 1.82) is 0 Å². The number of halogens is 3. The van der Waals surface area contributed by atoms with E-state index in [1.54, 1.807) is 7.05 Å². The average Bonchev–Trinajstić information content (AvgIpc) is 2.28. The number of nitrogens with one attached hydrogen (secondary N) is 2. The highest BCUT2D eigenvalue weighted by Crippen LogP contribution is 2.17. The number of carbonyl (C=O) groups excluding carboxylic acids is 1. The normalized spacial score (nSPS) is 9.78. The second-order valence-corrected chi connectivity index (χ2v) is 3.30. The topological polar surface area (TPSA) is 50.4 Å². The Morgan fingerprint density at radius 2 is 1.94 bits per heavy atom. The largest absolute Gasteiger partial charge is 0.435 e. The van der Waals surface area contributed by atoms with Gasteiger partial charge < -0.3 is 15.4 Å². The molecular formula is C11H15ClF2N2O2. The zero-order valence-corrected chi connectivity index (χ0v) is 10.6. The van der Waals surface area contributed by atoms with Crippen LogP contribution < -0.4 is 15.4 Å². The molecule has 1 aromatic carbocycles.